The van der Waals surface area contributed by atoms with Gasteiger partial charge in [-0.25, -0.2) is 0 Å². The van der Waals surface area contributed by atoms with E-state index in [2.05, 4.69) is 55.6 Å². The van der Waals surface area contributed by atoms with Gasteiger partial charge in [0.15, 0.2) is 0 Å². The van der Waals surface area contributed by atoms with E-state index in [1.807, 2.05) is 6.08 Å². The van der Waals surface area contributed by atoms with Crippen molar-refractivity contribution in [3.63, 3.8) is 0 Å². The standard InChI is InChI=1S/C72H135NO5/c1-3-5-7-9-11-13-15-17-19-21-22-23-27-30-33-36-40-44-48-52-56-60-64-70(75)69(68-74)73-71(76)65-61-57-53-49-45-41-37-34-31-28-25-24-26-29-32-35-39-43-47-51-55-59-63-67-78-72(77)66-62-58-54-50-46-42-38-20-18-16-14-12-10-8-6-4-2/h14,16,20,28,31,38,60,64,69-70,74-75H,3-13,15,17-19,21-27,29-30,32-37,39-59,61-63,65-68H2,1-2H3,(H,73,76)/b16-14-,31-28-,38-20-,64-60+. The zero-order valence-corrected chi connectivity index (χ0v) is 52.4. The second kappa shape index (κ2) is 67.3. The van der Waals surface area contributed by atoms with Gasteiger partial charge in [-0.1, -0.05) is 319 Å². The Morgan fingerprint density at radius 3 is 1.00 bits per heavy atom. The highest BCUT2D eigenvalue weighted by Crippen LogP contribution is 2.18. The number of esters is 1. The lowest BCUT2D eigenvalue weighted by Crippen LogP contribution is -2.45. The number of carbonyl (C=O) groups excluding carboxylic acids is 2. The summed E-state index contributed by atoms with van der Waals surface area (Å²) in [6, 6.07) is -0.635. The van der Waals surface area contributed by atoms with Gasteiger partial charge in [0.25, 0.3) is 0 Å². The second-order valence-corrected chi connectivity index (χ2v) is 23.9. The van der Waals surface area contributed by atoms with E-state index in [0.717, 1.165) is 57.8 Å². The number of allylic oxidation sites excluding steroid dienone is 7. The molecule has 0 aromatic carbocycles. The summed E-state index contributed by atoms with van der Waals surface area (Å²) in [5, 5.41) is 23.2. The highest BCUT2D eigenvalue weighted by molar-refractivity contribution is 5.76. The maximum atomic E-state index is 12.5. The smallest absolute Gasteiger partial charge is 0.305 e. The van der Waals surface area contributed by atoms with Gasteiger partial charge in [-0.15, -0.1) is 0 Å². The predicted octanol–water partition coefficient (Wildman–Crippen LogP) is 22.5. The van der Waals surface area contributed by atoms with Gasteiger partial charge in [-0.2, -0.15) is 0 Å². The summed E-state index contributed by atoms with van der Waals surface area (Å²) in [7, 11) is 0. The molecular formula is C72H135NO5. The summed E-state index contributed by atoms with van der Waals surface area (Å²) in [4.78, 5) is 24.6. The minimum absolute atomic E-state index is 0.00229. The number of ether oxygens (including phenoxy) is 1. The van der Waals surface area contributed by atoms with Crippen LogP contribution in [0, 0.1) is 0 Å². The lowest BCUT2D eigenvalue weighted by Gasteiger charge is -2.20. The van der Waals surface area contributed by atoms with Crippen LogP contribution >= 0.6 is 0 Å². The minimum Gasteiger partial charge on any atom is -0.466 e. The van der Waals surface area contributed by atoms with Crippen LogP contribution in [-0.2, 0) is 14.3 Å². The number of carbonyl (C=O) groups is 2. The van der Waals surface area contributed by atoms with Crippen LogP contribution < -0.4 is 5.32 Å². The zero-order chi connectivity index (χ0) is 56.4. The van der Waals surface area contributed by atoms with Gasteiger partial charge in [0.2, 0.25) is 5.91 Å². The number of aliphatic hydroxyl groups excluding tert-OH is 2. The molecule has 2 atom stereocenters. The van der Waals surface area contributed by atoms with Crippen molar-refractivity contribution in [3.05, 3.63) is 48.6 Å². The Morgan fingerprint density at radius 2 is 0.641 bits per heavy atom. The maximum Gasteiger partial charge on any atom is 0.305 e. The molecule has 78 heavy (non-hydrogen) atoms. The first kappa shape index (κ1) is 75.8. The van der Waals surface area contributed by atoms with Crippen molar-refractivity contribution in [3.8, 4) is 0 Å². The van der Waals surface area contributed by atoms with E-state index in [0.29, 0.717) is 19.4 Å². The predicted molar refractivity (Wildman–Crippen MR) is 342 cm³/mol. The first-order valence-corrected chi connectivity index (χ1v) is 34.9. The van der Waals surface area contributed by atoms with E-state index in [1.54, 1.807) is 6.08 Å². The normalized spacial score (nSPS) is 12.8. The quantitative estimate of drug-likeness (QED) is 0.0320. The van der Waals surface area contributed by atoms with Gasteiger partial charge in [0, 0.05) is 12.8 Å². The number of hydrogen-bond acceptors (Lipinski definition) is 5. The molecule has 0 spiro atoms. The molecule has 0 aromatic heterocycles. The largest absolute Gasteiger partial charge is 0.466 e. The summed E-state index contributed by atoms with van der Waals surface area (Å²) < 4.78 is 5.49. The van der Waals surface area contributed by atoms with Gasteiger partial charge in [0.05, 0.1) is 25.4 Å². The fraction of sp³-hybridized carbons (Fsp3) is 0.861. The molecule has 3 N–H and O–H groups in total. The van der Waals surface area contributed by atoms with Crippen molar-refractivity contribution in [2.24, 2.45) is 0 Å². The molecule has 0 saturated heterocycles. The summed E-state index contributed by atoms with van der Waals surface area (Å²) in [6.45, 7) is 4.90. The fourth-order valence-corrected chi connectivity index (χ4v) is 10.7. The number of amides is 1. The average Bonchev–Trinajstić information content (AvgIpc) is 3.44. The van der Waals surface area contributed by atoms with Crippen LogP contribution in [-0.4, -0.2) is 47.4 Å². The molecule has 0 aromatic rings. The van der Waals surface area contributed by atoms with Gasteiger partial charge in [-0.05, 0) is 89.9 Å². The van der Waals surface area contributed by atoms with E-state index in [-0.39, 0.29) is 18.5 Å². The highest BCUT2D eigenvalue weighted by Gasteiger charge is 2.18. The van der Waals surface area contributed by atoms with Gasteiger partial charge in [-0.3, -0.25) is 9.59 Å². The molecule has 0 aliphatic carbocycles. The highest BCUT2D eigenvalue weighted by atomic mass is 16.5. The first-order valence-electron chi connectivity index (χ1n) is 34.9. The molecule has 6 heteroatoms. The summed E-state index contributed by atoms with van der Waals surface area (Å²) in [5.41, 5.74) is 0. The molecule has 6 nitrogen and oxygen atoms in total. The maximum absolute atomic E-state index is 12.5. The molecule has 0 rings (SSSR count). The summed E-state index contributed by atoms with van der Waals surface area (Å²) in [5.74, 6) is -0.0738. The molecule has 2 unspecified atom stereocenters. The third kappa shape index (κ3) is 63.0. The van der Waals surface area contributed by atoms with Crippen LogP contribution in [0.15, 0.2) is 48.6 Å². The number of unbranched alkanes of at least 4 members (excludes halogenated alkanes) is 48. The number of aliphatic hydroxyl groups is 2. The van der Waals surface area contributed by atoms with Gasteiger partial charge < -0.3 is 20.3 Å². The molecule has 0 bridgehead atoms. The second-order valence-electron chi connectivity index (χ2n) is 23.9. The Kier molecular flexibility index (Phi) is 65.4. The molecule has 0 saturated carbocycles. The van der Waals surface area contributed by atoms with Crippen LogP contribution in [0.1, 0.15) is 373 Å². The zero-order valence-electron chi connectivity index (χ0n) is 52.4. The summed E-state index contributed by atoms with van der Waals surface area (Å²) >= 11 is 0. The van der Waals surface area contributed by atoms with Crippen molar-refractivity contribution in [2.45, 2.75) is 386 Å². The van der Waals surface area contributed by atoms with Gasteiger partial charge >= 0.3 is 5.97 Å². The van der Waals surface area contributed by atoms with Crippen LogP contribution in [0.5, 0.6) is 0 Å². The first-order chi connectivity index (χ1) is 38.5. The summed E-state index contributed by atoms with van der Waals surface area (Å²) in [6.07, 6.45) is 87.5. The Labute approximate surface area is 486 Å². The lowest BCUT2D eigenvalue weighted by atomic mass is 10.0. The molecule has 0 aliphatic heterocycles. The Balaban J connectivity index is 3.45. The van der Waals surface area contributed by atoms with Crippen molar-refractivity contribution >= 4 is 11.9 Å². The molecule has 0 radical (unpaired) electrons. The van der Waals surface area contributed by atoms with E-state index in [1.165, 1.54) is 289 Å². The molecule has 1 amide bonds. The molecule has 0 heterocycles. The third-order valence-corrected chi connectivity index (χ3v) is 16.1. The van der Waals surface area contributed by atoms with Crippen molar-refractivity contribution in [2.75, 3.05) is 13.2 Å². The Hall–Kier alpha value is -2.18. The van der Waals surface area contributed by atoms with Crippen LogP contribution in [0.4, 0.5) is 0 Å². The molecule has 0 fully saturated rings. The molecule has 0 aliphatic rings. The average molecular weight is 1090 g/mol. The Bertz CT molecular complexity index is 1310. The minimum atomic E-state index is -0.851. The SMILES string of the molecule is CCCCCC/C=C\C/C=C\CCCCCCCC(=O)OCCCCCCCCCCCCCC/C=C\CCCCCCCCCC(=O)NC(CO)C(O)/C=C/CCCCCCCCCCCCCCCCCCCCCC. The molecule has 458 valence electrons. The fourth-order valence-electron chi connectivity index (χ4n) is 10.7. The number of rotatable bonds is 65. The number of hydrogen-bond donors (Lipinski definition) is 3. The molecular weight excluding hydrogens is 959 g/mol. The van der Waals surface area contributed by atoms with Crippen LogP contribution in [0.2, 0.25) is 0 Å². The Morgan fingerprint density at radius 1 is 0.359 bits per heavy atom. The lowest BCUT2D eigenvalue weighted by molar-refractivity contribution is -0.143. The van der Waals surface area contributed by atoms with Crippen molar-refractivity contribution in [1.82, 2.24) is 5.32 Å². The van der Waals surface area contributed by atoms with Crippen molar-refractivity contribution < 1.29 is 24.5 Å². The number of nitrogens with one attached hydrogen (secondary N) is 1. The van der Waals surface area contributed by atoms with Crippen LogP contribution in [0.25, 0.3) is 0 Å². The van der Waals surface area contributed by atoms with E-state index in [4.69, 9.17) is 4.74 Å². The van der Waals surface area contributed by atoms with Crippen LogP contribution in [0.3, 0.4) is 0 Å². The van der Waals surface area contributed by atoms with Gasteiger partial charge in [0.1, 0.15) is 0 Å². The topological polar surface area (TPSA) is 95.9 Å². The van der Waals surface area contributed by atoms with E-state index in [9.17, 15) is 19.8 Å². The van der Waals surface area contributed by atoms with E-state index >= 15 is 0 Å². The van der Waals surface area contributed by atoms with E-state index < -0.39 is 12.1 Å². The third-order valence-electron chi connectivity index (χ3n) is 16.1. The monoisotopic (exact) mass is 1090 g/mol. The van der Waals surface area contributed by atoms with Crippen molar-refractivity contribution in [1.29, 1.82) is 0 Å².